The summed E-state index contributed by atoms with van der Waals surface area (Å²) in [4.78, 5) is 4.55. The number of rotatable bonds is 3. The van der Waals surface area contributed by atoms with Crippen LogP contribution < -0.4 is 16.0 Å². The van der Waals surface area contributed by atoms with Crippen LogP contribution in [0.2, 0.25) is 0 Å². The number of ether oxygens (including phenoxy) is 1. The molecule has 4 heteroatoms. The average molecular weight is 217 g/mol. The SMILES string of the molecule is CCc1nc2cccc(OC)c2cc1NN. The van der Waals surface area contributed by atoms with Gasteiger partial charge in [-0.3, -0.25) is 10.8 Å². The lowest BCUT2D eigenvalue weighted by Crippen LogP contribution is -2.10. The van der Waals surface area contributed by atoms with Gasteiger partial charge in [0.05, 0.1) is 24.0 Å². The summed E-state index contributed by atoms with van der Waals surface area (Å²) in [6, 6.07) is 7.79. The van der Waals surface area contributed by atoms with E-state index in [-0.39, 0.29) is 0 Å². The van der Waals surface area contributed by atoms with Gasteiger partial charge in [-0.15, -0.1) is 0 Å². The maximum atomic E-state index is 5.48. The van der Waals surface area contributed by atoms with Gasteiger partial charge in [0.25, 0.3) is 0 Å². The van der Waals surface area contributed by atoms with Gasteiger partial charge in [-0.05, 0) is 24.6 Å². The Bertz CT molecular complexity index is 511. The van der Waals surface area contributed by atoms with Crippen LogP contribution >= 0.6 is 0 Å². The molecule has 16 heavy (non-hydrogen) atoms. The van der Waals surface area contributed by atoms with Crippen molar-refractivity contribution in [2.45, 2.75) is 13.3 Å². The number of benzene rings is 1. The molecule has 0 amide bonds. The molecule has 1 aromatic carbocycles. The first-order valence-electron chi connectivity index (χ1n) is 5.23. The molecule has 2 rings (SSSR count). The normalized spacial score (nSPS) is 10.4. The van der Waals surface area contributed by atoms with Crippen LogP contribution in [0, 0.1) is 0 Å². The zero-order valence-corrected chi connectivity index (χ0v) is 9.45. The monoisotopic (exact) mass is 217 g/mol. The third kappa shape index (κ3) is 1.67. The zero-order chi connectivity index (χ0) is 11.5. The van der Waals surface area contributed by atoms with Crippen molar-refractivity contribution in [3.8, 4) is 5.75 Å². The number of hydrogen-bond donors (Lipinski definition) is 2. The Kier molecular flexibility index (Phi) is 2.92. The second-order valence-electron chi connectivity index (χ2n) is 3.51. The molecule has 1 aromatic heterocycles. The van der Waals surface area contributed by atoms with Crippen LogP contribution in [0.1, 0.15) is 12.6 Å². The molecule has 0 aliphatic carbocycles. The van der Waals surface area contributed by atoms with Crippen molar-refractivity contribution in [2.24, 2.45) is 5.84 Å². The fraction of sp³-hybridized carbons (Fsp3) is 0.250. The van der Waals surface area contributed by atoms with Crippen molar-refractivity contribution in [3.63, 3.8) is 0 Å². The number of pyridine rings is 1. The molecule has 3 N–H and O–H groups in total. The van der Waals surface area contributed by atoms with Crippen molar-refractivity contribution in [3.05, 3.63) is 30.0 Å². The highest BCUT2D eigenvalue weighted by Crippen LogP contribution is 2.28. The van der Waals surface area contributed by atoms with Gasteiger partial charge in [-0.1, -0.05) is 13.0 Å². The molecule has 0 aliphatic rings. The number of nitrogens with one attached hydrogen (secondary N) is 1. The third-order valence-corrected chi connectivity index (χ3v) is 2.61. The van der Waals surface area contributed by atoms with Crippen molar-refractivity contribution in [2.75, 3.05) is 12.5 Å². The van der Waals surface area contributed by atoms with Crippen LogP contribution in [0.25, 0.3) is 10.9 Å². The van der Waals surface area contributed by atoms with Crippen LogP contribution in [0.5, 0.6) is 5.75 Å². The van der Waals surface area contributed by atoms with Crippen LogP contribution in [0.3, 0.4) is 0 Å². The molecule has 4 nitrogen and oxygen atoms in total. The van der Waals surface area contributed by atoms with E-state index < -0.39 is 0 Å². The van der Waals surface area contributed by atoms with Gasteiger partial charge in [-0.25, -0.2) is 0 Å². The average Bonchev–Trinajstić information content (AvgIpc) is 2.36. The smallest absolute Gasteiger partial charge is 0.128 e. The maximum Gasteiger partial charge on any atom is 0.128 e. The van der Waals surface area contributed by atoms with E-state index >= 15 is 0 Å². The van der Waals surface area contributed by atoms with Crippen molar-refractivity contribution in [1.82, 2.24) is 4.98 Å². The molecular formula is C12H15N3O. The number of hydrazine groups is 1. The number of aromatic nitrogens is 1. The van der Waals surface area contributed by atoms with Gasteiger partial charge in [-0.2, -0.15) is 0 Å². The highest BCUT2D eigenvalue weighted by atomic mass is 16.5. The van der Waals surface area contributed by atoms with E-state index in [0.29, 0.717) is 0 Å². The minimum atomic E-state index is 0.809. The van der Waals surface area contributed by atoms with E-state index in [1.165, 1.54) is 0 Å². The lowest BCUT2D eigenvalue weighted by molar-refractivity contribution is 0.420. The van der Waals surface area contributed by atoms with Crippen molar-refractivity contribution >= 4 is 16.6 Å². The summed E-state index contributed by atoms with van der Waals surface area (Å²) in [5.41, 5.74) is 5.41. The number of fused-ring (bicyclic) bond motifs is 1. The van der Waals surface area contributed by atoms with E-state index in [1.807, 2.05) is 24.3 Å². The number of nitrogen functional groups attached to an aromatic ring is 1. The Labute approximate surface area is 94.4 Å². The first-order valence-corrected chi connectivity index (χ1v) is 5.23. The molecule has 0 radical (unpaired) electrons. The minimum Gasteiger partial charge on any atom is -0.496 e. The molecule has 0 bridgehead atoms. The van der Waals surface area contributed by atoms with Gasteiger partial charge in [0.1, 0.15) is 5.75 Å². The van der Waals surface area contributed by atoms with Gasteiger partial charge >= 0.3 is 0 Å². The number of nitrogens with two attached hydrogens (primary N) is 1. The number of aryl methyl sites for hydroxylation is 1. The second-order valence-corrected chi connectivity index (χ2v) is 3.51. The Balaban J connectivity index is 2.72. The van der Waals surface area contributed by atoms with E-state index in [1.54, 1.807) is 7.11 Å². The fourth-order valence-electron chi connectivity index (χ4n) is 1.78. The van der Waals surface area contributed by atoms with Crippen molar-refractivity contribution < 1.29 is 4.74 Å². The molecule has 0 aliphatic heterocycles. The first kappa shape index (κ1) is 10.7. The van der Waals surface area contributed by atoms with Crippen LogP contribution in [0.4, 0.5) is 5.69 Å². The number of hydrogen-bond acceptors (Lipinski definition) is 4. The lowest BCUT2D eigenvalue weighted by Gasteiger charge is -2.10. The highest BCUT2D eigenvalue weighted by molar-refractivity contribution is 5.88. The summed E-state index contributed by atoms with van der Waals surface area (Å²) < 4.78 is 5.29. The molecular weight excluding hydrogens is 202 g/mol. The van der Waals surface area contributed by atoms with Crippen LogP contribution in [-0.4, -0.2) is 12.1 Å². The largest absolute Gasteiger partial charge is 0.496 e. The molecule has 0 saturated carbocycles. The summed E-state index contributed by atoms with van der Waals surface area (Å²) in [6.07, 6.45) is 0.840. The summed E-state index contributed by atoms with van der Waals surface area (Å²) in [5, 5.41) is 0.968. The quantitative estimate of drug-likeness (QED) is 0.610. The summed E-state index contributed by atoms with van der Waals surface area (Å²) in [7, 11) is 1.65. The van der Waals surface area contributed by atoms with Gasteiger partial charge in [0, 0.05) is 5.39 Å². The van der Waals surface area contributed by atoms with Crippen LogP contribution in [-0.2, 0) is 6.42 Å². The Hall–Kier alpha value is -1.81. The Morgan fingerprint density at radius 2 is 2.25 bits per heavy atom. The van der Waals surface area contributed by atoms with Crippen molar-refractivity contribution in [1.29, 1.82) is 0 Å². The molecule has 1 heterocycles. The molecule has 0 unspecified atom stereocenters. The summed E-state index contributed by atoms with van der Waals surface area (Å²) >= 11 is 0. The molecule has 0 spiro atoms. The van der Waals surface area contributed by atoms with E-state index in [2.05, 4.69) is 17.3 Å². The van der Waals surface area contributed by atoms with E-state index in [0.717, 1.165) is 34.5 Å². The van der Waals surface area contributed by atoms with E-state index in [9.17, 15) is 0 Å². The standard InChI is InChI=1S/C12H15N3O/c1-3-9-11(15-13)7-8-10(14-9)5-4-6-12(8)16-2/h4-7,15H,3,13H2,1-2H3. The van der Waals surface area contributed by atoms with Gasteiger partial charge < -0.3 is 10.2 Å². The molecule has 2 aromatic rings. The second kappa shape index (κ2) is 4.37. The van der Waals surface area contributed by atoms with Gasteiger partial charge in [0.15, 0.2) is 0 Å². The maximum absolute atomic E-state index is 5.48. The van der Waals surface area contributed by atoms with Crippen LogP contribution in [0.15, 0.2) is 24.3 Å². The Morgan fingerprint density at radius 1 is 1.44 bits per heavy atom. The predicted molar refractivity (Wildman–Crippen MR) is 65.5 cm³/mol. The number of nitrogens with zero attached hydrogens (tertiary/aromatic N) is 1. The summed E-state index contributed by atoms with van der Waals surface area (Å²) in [6.45, 7) is 2.05. The van der Waals surface area contributed by atoms with E-state index in [4.69, 9.17) is 10.6 Å². The minimum absolute atomic E-state index is 0.809. The first-order chi connectivity index (χ1) is 7.80. The zero-order valence-electron chi connectivity index (χ0n) is 9.45. The number of methoxy groups -OCH3 is 1. The van der Waals surface area contributed by atoms with Gasteiger partial charge in [0.2, 0.25) is 0 Å². The molecule has 84 valence electrons. The molecule has 0 atom stereocenters. The predicted octanol–water partition coefficient (Wildman–Crippen LogP) is 2.09. The fourth-order valence-corrected chi connectivity index (χ4v) is 1.78. The lowest BCUT2D eigenvalue weighted by atomic mass is 10.1. The summed E-state index contributed by atoms with van der Waals surface area (Å²) in [5.74, 6) is 6.29. The molecule has 0 saturated heterocycles. The topological polar surface area (TPSA) is 60.2 Å². The Morgan fingerprint density at radius 3 is 2.88 bits per heavy atom. The third-order valence-electron chi connectivity index (χ3n) is 2.61. The number of anilines is 1. The molecule has 0 fully saturated rings. The highest BCUT2D eigenvalue weighted by Gasteiger charge is 2.07.